The fourth-order valence-corrected chi connectivity index (χ4v) is 3.21. The van der Waals surface area contributed by atoms with Crippen LogP contribution in [-0.2, 0) is 0 Å². The van der Waals surface area contributed by atoms with Crippen molar-refractivity contribution in [2.75, 3.05) is 7.11 Å². The van der Waals surface area contributed by atoms with Crippen LogP contribution < -0.4 is 10.1 Å². The molecule has 1 N–H and O–H groups in total. The summed E-state index contributed by atoms with van der Waals surface area (Å²) in [7, 11) is 1.49. The van der Waals surface area contributed by atoms with Gasteiger partial charge in [-0.2, -0.15) is 0 Å². The van der Waals surface area contributed by atoms with Crippen molar-refractivity contribution < 1.29 is 9.13 Å². The first-order chi connectivity index (χ1) is 9.61. The second-order valence-corrected chi connectivity index (χ2v) is 5.97. The molecule has 1 saturated carbocycles. The van der Waals surface area contributed by atoms with Gasteiger partial charge in [-0.05, 0) is 50.3 Å². The molecule has 0 radical (unpaired) electrons. The van der Waals surface area contributed by atoms with Crippen molar-refractivity contribution in [3.05, 3.63) is 29.6 Å². The quantitative estimate of drug-likeness (QED) is 0.859. The highest BCUT2D eigenvalue weighted by Gasteiger charge is 2.21. The highest BCUT2D eigenvalue weighted by molar-refractivity contribution is 5.30. The fourth-order valence-electron chi connectivity index (χ4n) is 3.21. The Morgan fingerprint density at radius 3 is 2.50 bits per heavy atom. The Labute approximate surface area is 121 Å². The summed E-state index contributed by atoms with van der Waals surface area (Å²) >= 11 is 0. The van der Waals surface area contributed by atoms with Crippen LogP contribution in [0, 0.1) is 11.7 Å². The van der Waals surface area contributed by atoms with E-state index in [1.807, 2.05) is 6.07 Å². The van der Waals surface area contributed by atoms with Crippen LogP contribution in [0.25, 0.3) is 0 Å². The zero-order chi connectivity index (χ0) is 14.5. The molecule has 3 heteroatoms. The maximum Gasteiger partial charge on any atom is 0.165 e. The van der Waals surface area contributed by atoms with Gasteiger partial charge in [0.25, 0.3) is 0 Å². The van der Waals surface area contributed by atoms with E-state index < -0.39 is 0 Å². The molecule has 0 saturated heterocycles. The maximum absolute atomic E-state index is 13.8. The molecule has 0 aromatic heterocycles. The normalized spacial score (nSPS) is 19.6. The number of benzene rings is 1. The van der Waals surface area contributed by atoms with E-state index in [1.165, 1.54) is 39.2 Å². The van der Waals surface area contributed by atoms with E-state index >= 15 is 0 Å². The standard InChI is InChI=1S/C17H26FNO/c1-12(14-7-5-4-6-8-14)19-13(2)15-9-10-17(20-3)16(18)11-15/h9-14,19H,4-8H2,1-3H3/t12-,13?/m1/s1. The number of methoxy groups -OCH3 is 1. The third kappa shape index (κ3) is 3.72. The molecule has 20 heavy (non-hydrogen) atoms. The molecule has 112 valence electrons. The number of halogens is 1. The highest BCUT2D eigenvalue weighted by Crippen LogP contribution is 2.28. The molecule has 1 unspecified atom stereocenters. The first kappa shape index (κ1) is 15.3. The molecule has 0 amide bonds. The van der Waals surface area contributed by atoms with Gasteiger partial charge in [0.05, 0.1) is 7.11 Å². The van der Waals surface area contributed by atoms with Crippen LogP contribution in [0.1, 0.15) is 57.6 Å². The average molecular weight is 279 g/mol. The number of nitrogens with one attached hydrogen (secondary N) is 1. The molecule has 1 aliphatic rings. The van der Waals surface area contributed by atoms with Crippen LogP contribution in [0.2, 0.25) is 0 Å². The zero-order valence-corrected chi connectivity index (χ0v) is 12.8. The Hall–Kier alpha value is -1.09. The van der Waals surface area contributed by atoms with Gasteiger partial charge >= 0.3 is 0 Å². The smallest absolute Gasteiger partial charge is 0.165 e. The summed E-state index contributed by atoms with van der Waals surface area (Å²) in [5.41, 5.74) is 0.978. The lowest BCUT2D eigenvalue weighted by atomic mass is 9.84. The lowest BCUT2D eigenvalue weighted by molar-refractivity contribution is 0.268. The van der Waals surface area contributed by atoms with Crippen molar-refractivity contribution in [1.29, 1.82) is 0 Å². The molecule has 0 spiro atoms. The third-order valence-corrected chi connectivity index (χ3v) is 4.55. The Bertz CT molecular complexity index is 429. The van der Waals surface area contributed by atoms with E-state index in [-0.39, 0.29) is 11.9 Å². The number of rotatable bonds is 5. The fraction of sp³-hybridized carbons (Fsp3) is 0.647. The van der Waals surface area contributed by atoms with Crippen LogP contribution in [0.3, 0.4) is 0 Å². The van der Waals surface area contributed by atoms with Gasteiger partial charge in [-0.15, -0.1) is 0 Å². The van der Waals surface area contributed by atoms with E-state index in [1.54, 1.807) is 12.1 Å². The SMILES string of the molecule is COc1ccc(C(C)N[C@H](C)C2CCCCC2)cc1F. The van der Waals surface area contributed by atoms with E-state index in [9.17, 15) is 4.39 Å². The van der Waals surface area contributed by atoms with E-state index in [2.05, 4.69) is 19.2 Å². The van der Waals surface area contributed by atoms with Crippen molar-refractivity contribution in [3.63, 3.8) is 0 Å². The molecule has 0 aliphatic heterocycles. The van der Waals surface area contributed by atoms with Gasteiger partial charge in [-0.3, -0.25) is 0 Å². The molecule has 2 atom stereocenters. The summed E-state index contributed by atoms with van der Waals surface area (Å²) in [4.78, 5) is 0. The predicted octanol–water partition coefficient (Wildman–Crippen LogP) is 4.45. The number of ether oxygens (including phenoxy) is 1. The van der Waals surface area contributed by atoms with E-state index in [4.69, 9.17) is 4.74 Å². The van der Waals surface area contributed by atoms with Gasteiger partial charge in [-0.25, -0.2) is 4.39 Å². The molecular formula is C17H26FNO. The van der Waals surface area contributed by atoms with Gasteiger partial charge in [0, 0.05) is 12.1 Å². The van der Waals surface area contributed by atoms with Gasteiger partial charge in [-0.1, -0.05) is 25.3 Å². The second kappa shape index (κ2) is 7.07. The molecular weight excluding hydrogens is 253 g/mol. The van der Waals surface area contributed by atoms with E-state index in [0.29, 0.717) is 11.8 Å². The first-order valence-corrected chi connectivity index (χ1v) is 7.71. The summed E-state index contributed by atoms with van der Waals surface area (Å²) in [6.07, 6.45) is 6.71. The molecule has 1 aliphatic carbocycles. The topological polar surface area (TPSA) is 21.3 Å². The van der Waals surface area contributed by atoms with Crippen LogP contribution >= 0.6 is 0 Å². The molecule has 1 aromatic carbocycles. The predicted molar refractivity (Wildman–Crippen MR) is 80.5 cm³/mol. The lowest BCUT2D eigenvalue weighted by Gasteiger charge is -2.31. The van der Waals surface area contributed by atoms with Crippen LogP contribution in [-0.4, -0.2) is 13.2 Å². The highest BCUT2D eigenvalue weighted by atomic mass is 19.1. The summed E-state index contributed by atoms with van der Waals surface area (Å²) in [6, 6.07) is 5.86. The van der Waals surface area contributed by atoms with Crippen molar-refractivity contribution in [1.82, 2.24) is 5.32 Å². The zero-order valence-electron chi connectivity index (χ0n) is 12.8. The molecule has 1 aromatic rings. The number of hydrogen-bond acceptors (Lipinski definition) is 2. The van der Waals surface area contributed by atoms with Crippen molar-refractivity contribution in [2.45, 2.75) is 58.0 Å². The van der Waals surface area contributed by atoms with E-state index in [0.717, 1.165) is 11.5 Å². The molecule has 1 fully saturated rings. The summed E-state index contributed by atoms with van der Waals surface area (Å²) in [5, 5.41) is 3.62. The second-order valence-electron chi connectivity index (χ2n) is 5.97. The summed E-state index contributed by atoms with van der Waals surface area (Å²) < 4.78 is 18.7. The Balaban J connectivity index is 1.96. The Morgan fingerprint density at radius 2 is 1.90 bits per heavy atom. The third-order valence-electron chi connectivity index (χ3n) is 4.55. The van der Waals surface area contributed by atoms with Crippen LogP contribution in [0.15, 0.2) is 18.2 Å². The van der Waals surface area contributed by atoms with Gasteiger partial charge in [0.15, 0.2) is 11.6 Å². The van der Waals surface area contributed by atoms with Crippen LogP contribution in [0.5, 0.6) is 5.75 Å². The molecule has 2 nitrogen and oxygen atoms in total. The summed E-state index contributed by atoms with van der Waals surface area (Å²) in [6.45, 7) is 4.35. The van der Waals surface area contributed by atoms with Crippen LogP contribution in [0.4, 0.5) is 4.39 Å². The lowest BCUT2D eigenvalue weighted by Crippen LogP contribution is -2.36. The monoisotopic (exact) mass is 279 g/mol. The Kier molecular flexibility index (Phi) is 5.41. The minimum Gasteiger partial charge on any atom is -0.494 e. The van der Waals surface area contributed by atoms with Gasteiger partial charge in [0.2, 0.25) is 0 Å². The summed E-state index contributed by atoms with van der Waals surface area (Å²) in [5.74, 6) is 0.777. The molecule has 0 heterocycles. The average Bonchev–Trinajstić information content (AvgIpc) is 2.48. The van der Waals surface area contributed by atoms with Gasteiger partial charge in [0.1, 0.15) is 0 Å². The van der Waals surface area contributed by atoms with Crippen molar-refractivity contribution in [2.24, 2.45) is 5.92 Å². The number of hydrogen-bond donors (Lipinski definition) is 1. The minimum atomic E-state index is -0.288. The first-order valence-electron chi connectivity index (χ1n) is 7.71. The van der Waals surface area contributed by atoms with Crippen molar-refractivity contribution >= 4 is 0 Å². The van der Waals surface area contributed by atoms with Crippen molar-refractivity contribution in [3.8, 4) is 5.75 Å². The van der Waals surface area contributed by atoms with Gasteiger partial charge < -0.3 is 10.1 Å². The minimum absolute atomic E-state index is 0.160. The largest absolute Gasteiger partial charge is 0.494 e. The maximum atomic E-state index is 13.8. The molecule has 2 rings (SSSR count). The molecule has 0 bridgehead atoms. The Morgan fingerprint density at radius 1 is 1.20 bits per heavy atom.